The van der Waals surface area contributed by atoms with E-state index in [1.165, 1.54) is 0 Å². The summed E-state index contributed by atoms with van der Waals surface area (Å²) >= 11 is 0. The molecular weight excluding hydrogens is 473 g/mol. The molecule has 0 spiro atoms. The van der Waals surface area contributed by atoms with Gasteiger partial charge in [0.1, 0.15) is 11.5 Å². The molecule has 0 bridgehead atoms. The molecule has 0 saturated heterocycles. The van der Waals surface area contributed by atoms with E-state index in [-0.39, 0.29) is 12.1 Å². The number of rotatable bonds is 7. The van der Waals surface area contributed by atoms with Crippen LogP contribution >= 0.6 is 0 Å². The maximum absolute atomic E-state index is 13.4. The van der Waals surface area contributed by atoms with Crippen LogP contribution in [0.4, 0.5) is 65.9 Å². The molecule has 0 radical (unpaired) electrons. The van der Waals surface area contributed by atoms with Crippen LogP contribution in [0.15, 0.2) is 24.3 Å². The van der Waals surface area contributed by atoms with Gasteiger partial charge < -0.3 is 9.84 Å². The summed E-state index contributed by atoms with van der Waals surface area (Å²) in [6.45, 7) is 0. The van der Waals surface area contributed by atoms with Gasteiger partial charge in [-0.1, -0.05) is 0 Å². The third-order valence-corrected chi connectivity index (χ3v) is 3.38. The molecule has 0 amide bonds. The van der Waals surface area contributed by atoms with Crippen LogP contribution in [0.2, 0.25) is 0 Å². The van der Waals surface area contributed by atoms with Crippen LogP contribution in [0, 0.1) is 0 Å². The normalized spacial score (nSPS) is 15.3. The van der Waals surface area contributed by atoms with Crippen molar-refractivity contribution in [1.29, 1.82) is 0 Å². The van der Waals surface area contributed by atoms with E-state index in [9.17, 15) is 65.9 Å². The summed E-state index contributed by atoms with van der Waals surface area (Å²) in [6.07, 6.45) is -14.5. The Hall–Kier alpha value is -2.23. The number of aromatic hydroxyl groups is 1. The predicted octanol–water partition coefficient (Wildman–Crippen LogP) is 6.10. The molecule has 1 aromatic rings. The van der Waals surface area contributed by atoms with Gasteiger partial charge in [0.25, 0.3) is 0 Å². The van der Waals surface area contributed by atoms with E-state index in [4.69, 9.17) is 5.11 Å². The van der Waals surface area contributed by atoms with E-state index >= 15 is 0 Å². The quantitative estimate of drug-likeness (QED) is 0.480. The van der Waals surface area contributed by atoms with Gasteiger partial charge >= 0.3 is 41.9 Å². The van der Waals surface area contributed by atoms with Crippen molar-refractivity contribution in [3.8, 4) is 11.5 Å². The Labute approximate surface area is 154 Å². The first-order valence-electron chi connectivity index (χ1n) is 6.79. The van der Waals surface area contributed by atoms with Crippen molar-refractivity contribution in [3.63, 3.8) is 0 Å². The Bertz CT molecular complexity index is 751. The Morgan fingerprint density at radius 1 is 0.500 bits per heavy atom. The molecule has 0 aromatic heterocycles. The average Bonchev–Trinajstić information content (AvgIpc) is 2.54. The zero-order chi connectivity index (χ0) is 24.2. The topological polar surface area (TPSA) is 29.5 Å². The van der Waals surface area contributed by atoms with Crippen LogP contribution in [-0.2, 0) is 0 Å². The minimum atomic E-state index is -8.37. The van der Waals surface area contributed by atoms with Gasteiger partial charge in [0.05, 0.1) is 0 Å². The highest BCUT2D eigenvalue weighted by atomic mass is 19.4. The van der Waals surface area contributed by atoms with Crippen LogP contribution in [0.25, 0.3) is 0 Å². The molecule has 0 atom stereocenters. The first-order valence-corrected chi connectivity index (χ1v) is 6.79. The molecule has 0 aliphatic rings. The molecule has 1 rings (SSSR count). The van der Waals surface area contributed by atoms with Gasteiger partial charge in [-0.2, -0.15) is 65.9 Å². The average molecular weight is 478 g/mol. The van der Waals surface area contributed by atoms with Gasteiger partial charge in [-0.05, 0) is 24.3 Å². The van der Waals surface area contributed by atoms with Crippen molar-refractivity contribution >= 4 is 0 Å². The lowest BCUT2D eigenvalue weighted by molar-refractivity contribution is -0.465. The van der Waals surface area contributed by atoms with Crippen LogP contribution in [0.3, 0.4) is 0 Å². The summed E-state index contributed by atoms with van der Waals surface area (Å²) in [6, 6.07) is 1.21. The summed E-state index contributed by atoms with van der Waals surface area (Å²) in [5.41, 5.74) is 0. The molecule has 0 aliphatic carbocycles. The summed E-state index contributed by atoms with van der Waals surface area (Å²) < 4.78 is 197. The standard InChI is InChI=1S/C13H5F15O2/c14-7(15,8(16,17)10(20,21)12(24,25)26)9(18,19)11(22,23)13(27,28)30-6-3-1-5(29)2-4-6/h1-4,29H. The third kappa shape index (κ3) is 3.55. The smallest absolute Gasteiger partial charge is 0.471 e. The fourth-order valence-corrected chi connectivity index (χ4v) is 1.68. The van der Waals surface area contributed by atoms with Crippen LogP contribution < -0.4 is 4.74 Å². The molecule has 17 heteroatoms. The number of hydrogen-bond acceptors (Lipinski definition) is 2. The van der Waals surface area contributed by atoms with E-state index in [1.807, 2.05) is 0 Å². The Kier molecular flexibility index (Phi) is 5.93. The minimum Gasteiger partial charge on any atom is -0.508 e. The molecular formula is C13H5F15O2. The first kappa shape index (κ1) is 25.8. The van der Waals surface area contributed by atoms with Crippen molar-refractivity contribution in [2.45, 2.75) is 41.9 Å². The van der Waals surface area contributed by atoms with E-state index in [0.717, 1.165) is 0 Å². The SMILES string of the molecule is Oc1ccc(OC(F)(F)C(F)(F)C(F)(F)C(F)(F)C(F)(F)C(F)(F)C(F)(F)F)cc1. The van der Waals surface area contributed by atoms with Gasteiger partial charge in [-0.15, -0.1) is 0 Å². The van der Waals surface area contributed by atoms with Gasteiger partial charge in [-0.25, -0.2) is 0 Å². The van der Waals surface area contributed by atoms with Crippen molar-refractivity contribution in [2.75, 3.05) is 0 Å². The molecule has 30 heavy (non-hydrogen) atoms. The van der Waals surface area contributed by atoms with Crippen LogP contribution in [0.1, 0.15) is 0 Å². The molecule has 0 fully saturated rings. The second kappa shape index (κ2) is 6.90. The maximum Gasteiger partial charge on any atom is 0.471 e. The molecule has 1 aromatic carbocycles. The van der Waals surface area contributed by atoms with E-state index in [2.05, 4.69) is 4.74 Å². The van der Waals surface area contributed by atoms with Gasteiger partial charge in [0.15, 0.2) is 0 Å². The minimum absolute atomic E-state index is 0.183. The number of alkyl halides is 15. The van der Waals surface area contributed by atoms with Crippen LogP contribution in [-0.4, -0.2) is 47.0 Å². The van der Waals surface area contributed by atoms with Crippen molar-refractivity contribution in [1.82, 2.24) is 0 Å². The van der Waals surface area contributed by atoms with Gasteiger partial charge in [0, 0.05) is 0 Å². The zero-order valence-corrected chi connectivity index (χ0v) is 13.3. The summed E-state index contributed by atoms with van der Waals surface area (Å²) in [7, 11) is 0. The maximum atomic E-state index is 13.4. The highest BCUT2D eigenvalue weighted by molar-refractivity contribution is 5.30. The highest BCUT2D eigenvalue weighted by Gasteiger charge is 2.94. The molecule has 0 saturated carbocycles. The van der Waals surface area contributed by atoms with Crippen molar-refractivity contribution < 1.29 is 75.7 Å². The molecule has 0 heterocycles. The second-order valence-corrected chi connectivity index (χ2v) is 5.48. The highest BCUT2D eigenvalue weighted by Crippen LogP contribution is 2.62. The Morgan fingerprint density at radius 3 is 1.20 bits per heavy atom. The van der Waals surface area contributed by atoms with E-state index in [0.29, 0.717) is 12.1 Å². The summed E-state index contributed by atoms with van der Waals surface area (Å²) in [5.74, 6) is -42.9. The lowest BCUT2D eigenvalue weighted by Gasteiger charge is -2.41. The number of phenolic OH excluding ortho intramolecular Hbond substituents is 1. The van der Waals surface area contributed by atoms with Gasteiger partial charge in [0.2, 0.25) is 0 Å². The molecule has 174 valence electrons. The molecule has 0 aliphatic heterocycles. The number of ether oxygens (including phenoxy) is 1. The molecule has 0 unspecified atom stereocenters. The lowest BCUT2D eigenvalue weighted by atomic mass is 9.93. The van der Waals surface area contributed by atoms with Crippen LogP contribution in [0.5, 0.6) is 11.5 Å². The number of halogens is 15. The third-order valence-electron chi connectivity index (χ3n) is 3.38. The summed E-state index contributed by atoms with van der Waals surface area (Å²) in [4.78, 5) is 0. The molecule has 1 N–H and O–H groups in total. The Balaban J connectivity index is 3.48. The van der Waals surface area contributed by atoms with Crippen molar-refractivity contribution in [3.05, 3.63) is 24.3 Å². The van der Waals surface area contributed by atoms with Crippen molar-refractivity contribution in [2.24, 2.45) is 0 Å². The Morgan fingerprint density at radius 2 is 0.833 bits per heavy atom. The van der Waals surface area contributed by atoms with E-state index < -0.39 is 53.4 Å². The van der Waals surface area contributed by atoms with Gasteiger partial charge in [-0.3, -0.25) is 0 Å². The monoisotopic (exact) mass is 478 g/mol. The number of phenols is 1. The fraction of sp³-hybridized carbons (Fsp3) is 0.538. The van der Waals surface area contributed by atoms with E-state index in [1.54, 1.807) is 0 Å². The second-order valence-electron chi connectivity index (χ2n) is 5.48. The number of benzene rings is 1. The largest absolute Gasteiger partial charge is 0.508 e. The number of hydrogen-bond donors (Lipinski definition) is 1. The summed E-state index contributed by atoms with van der Waals surface area (Å²) in [5, 5.41) is 8.83. The molecule has 2 nitrogen and oxygen atoms in total. The first-order chi connectivity index (χ1) is 13.0. The predicted molar refractivity (Wildman–Crippen MR) is 64.5 cm³/mol. The lowest BCUT2D eigenvalue weighted by Crippen LogP contribution is -2.73. The fourth-order valence-electron chi connectivity index (χ4n) is 1.68. The zero-order valence-electron chi connectivity index (χ0n) is 13.3.